The van der Waals surface area contributed by atoms with Crippen molar-refractivity contribution in [1.29, 1.82) is 0 Å². The molecule has 0 aromatic heterocycles. The lowest BCUT2D eigenvalue weighted by Crippen LogP contribution is -1.88. The normalized spacial score (nSPS) is 11.8. The molecule has 0 heterocycles. The molecule has 0 fully saturated rings. The van der Waals surface area contributed by atoms with E-state index in [1.807, 2.05) is 0 Å². The van der Waals surface area contributed by atoms with E-state index in [2.05, 4.69) is 51.1 Å². The number of allylic oxidation sites excluding steroid dienone is 2. The first-order chi connectivity index (χ1) is 6.26. The first-order valence-corrected chi connectivity index (χ1v) is 4.96. The molecule has 0 unspecified atom stereocenters. The second-order valence-corrected chi connectivity index (χ2v) is 3.49. The lowest BCUT2D eigenvalue weighted by Gasteiger charge is -2.03. The van der Waals surface area contributed by atoms with Crippen LogP contribution in [0.4, 0.5) is 0 Å². The Labute approximate surface area is 81.3 Å². The first kappa shape index (κ1) is 10.0. The Morgan fingerprint density at radius 3 is 2.62 bits per heavy atom. The number of hydrogen-bond donors (Lipinski definition) is 0. The Hall–Kier alpha value is -1.04. The maximum absolute atomic E-state index is 2.30. The number of aryl methyl sites for hydroxylation is 1. The van der Waals surface area contributed by atoms with E-state index < -0.39 is 0 Å². The van der Waals surface area contributed by atoms with E-state index in [0.717, 1.165) is 12.8 Å². The van der Waals surface area contributed by atoms with Gasteiger partial charge in [0.2, 0.25) is 0 Å². The topological polar surface area (TPSA) is 0 Å². The number of benzene rings is 1. The molecule has 1 rings (SSSR count). The van der Waals surface area contributed by atoms with Gasteiger partial charge in [0.05, 0.1) is 0 Å². The molecule has 70 valence electrons. The van der Waals surface area contributed by atoms with Crippen molar-refractivity contribution >= 4 is 0 Å². The molecule has 0 aliphatic carbocycles. The summed E-state index contributed by atoms with van der Waals surface area (Å²) in [4.78, 5) is 0. The quantitative estimate of drug-likeness (QED) is 0.612. The Kier molecular flexibility index (Phi) is 3.75. The Morgan fingerprint density at radius 1 is 1.31 bits per heavy atom. The second kappa shape index (κ2) is 4.86. The monoisotopic (exact) mass is 174 g/mol. The van der Waals surface area contributed by atoms with Crippen molar-refractivity contribution in [2.24, 2.45) is 0 Å². The van der Waals surface area contributed by atoms with Gasteiger partial charge in [0, 0.05) is 0 Å². The van der Waals surface area contributed by atoms with Gasteiger partial charge < -0.3 is 0 Å². The average Bonchev–Trinajstić information content (AvgIpc) is 2.18. The van der Waals surface area contributed by atoms with Crippen LogP contribution in [-0.4, -0.2) is 0 Å². The van der Waals surface area contributed by atoms with Crippen molar-refractivity contribution in [3.63, 3.8) is 0 Å². The molecular formula is C13H18. The molecular weight excluding hydrogens is 156 g/mol. The molecule has 0 bridgehead atoms. The third kappa shape index (κ3) is 3.06. The van der Waals surface area contributed by atoms with E-state index in [1.54, 1.807) is 0 Å². The van der Waals surface area contributed by atoms with Crippen LogP contribution in [0.5, 0.6) is 0 Å². The highest BCUT2D eigenvalue weighted by Gasteiger charge is 1.95. The van der Waals surface area contributed by atoms with Gasteiger partial charge in [0.15, 0.2) is 0 Å². The molecule has 0 saturated carbocycles. The molecule has 0 aliphatic heterocycles. The van der Waals surface area contributed by atoms with E-state index in [9.17, 15) is 0 Å². The van der Waals surface area contributed by atoms with Crippen molar-refractivity contribution in [3.05, 3.63) is 47.0 Å². The minimum absolute atomic E-state index is 1.09. The first-order valence-electron chi connectivity index (χ1n) is 4.96. The van der Waals surface area contributed by atoms with Crippen molar-refractivity contribution in [2.45, 2.75) is 33.6 Å². The molecule has 0 saturated heterocycles. The summed E-state index contributed by atoms with van der Waals surface area (Å²) in [6.07, 6.45) is 4.39. The Bertz CT molecular complexity index is 295. The standard InChI is InChI=1S/C13H18/c1-4-11(3)9-13-8-6-7-12(5-2)10-13/h4,6-8,10H,5,9H2,1-3H3. The average molecular weight is 174 g/mol. The summed E-state index contributed by atoms with van der Waals surface area (Å²) in [6.45, 7) is 6.47. The predicted molar refractivity (Wildman–Crippen MR) is 59.0 cm³/mol. The van der Waals surface area contributed by atoms with Crippen molar-refractivity contribution in [2.75, 3.05) is 0 Å². The highest BCUT2D eigenvalue weighted by Crippen LogP contribution is 2.10. The zero-order chi connectivity index (χ0) is 9.68. The van der Waals surface area contributed by atoms with Crippen LogP contribution in [-0.2, 0) is 12.8 Å². The summed E-state index contributed by atoms with van der Waals surface area (Å²) < 4.78 is 0. The van der Waals surface area contributed by atoms with E-state index in [0.29, 0.717) is 0 Å². The highest BCUT2D eigenvalue weighted by atomic mass is 14.0. The van der Waals surface area contributed by atoms with Crippen LogP contribution in [0.1, 0.15) is 31.9 Å². The minimum Gasteiger partial charge on any atom is -0.0884 e. The van der Waals surface area contributed by atoms with Crippen LogP contribution in [0, 0.1) is 0 Å². The number of rotatable bonds is 3. The lowest BCUT2D eigenvalue weighted by molar-refractivity contribution is 1.09. The van der Waals surface area contributed by atoms with Crippen LogP contribution in [0.15, 0.2) is 35.9 Å². The van der Waals surface area contributed by atoms with Crippen LogP contribution in [0.2, 0.25) is 0 Å². The fourth-order valence-electron chi connectivity index (χ4n) is 1.38. The third-order valence-electron chi connectivity index (χ3n) is 2.38. The summed E-state index contributed by atoms with van der Waals surface area (Å²) >= 11 is 0. The van der Waals surface area contributed by atoms with Crippen LogP contribution in [0.3, 0.4) is 0 Å². The summed E-state index contributed by atoms with van der Waals surface area (Å²) in [5, 5.41) is 0. The fraction of sp³-hybridized carbons (Fsp3) is 0.385. The van der Waals surface area contributed by atoms with E-state index in [4.69, 9.17) is 0 Å². The highest BCUT2D eigenvalue weighted by molar-refractivity contribution is 5.26. The number of hydrogen-bond acceptors (Lipinski definition) is 0. The zero-order valence-corrected chi connectivity index (χ0v) is 8.80. The van der Waals surface area contributed by atoms with Gasteiger partial charge in [-0.05, 0) is 37.8 Å². The van der Waals surface area contributed by atoms with Gasteiger partial charge in [-0.25, -0.2) is 0 Å². The molecule has 13 heavy (non-hydrogen) atoms. The molecule has 0 N–H and O–H groups in total. The molecule has 1 aromatic rings. The van der Waals surface area contributed by atoms with Crippen LogP contribution in [0.25, 0.3) is 0 Å². The van der Waals surface area contributed by atoms with Gasteiger partial charge in [-0.15, -0.1) is 0 Å². The van der Waals surface area contributed by atoms with E-state index in [1.165, 1.54) is 16.7 Å². The smallest absolute Gasteiger partial charge is 0.00699 e. The van der Waals surface area contributed by atoms with Crippen LogP contribution >= 0.6 is 0 Å². The van der Waals surface area contributed by atoms with Gasteiger partial charge in [-0.1, -0.05) is 42.8 Å². The van der Waals surface area contributed by atoms with Crippen LogP contribution < -0.4 is 0 Å². The molecule has 0 aliphatic rings. The predicted octanol–water partition coefficient (Wildman–Crippen LogP) is 3.76. The molecule has 0 heteroatoms. The SMILES string of the molecule is CC=C(C)Cc1cccc(CC)c1. The van der Waals surface area contributed by atoms with E-state index >= 15 is 0 Å². The summed E-state index contributed by atoms with van der Waals surface area (Å²) in [6, 6.07) is 8.84. The van der Waals surface area contributed by atoms with Crippen molar-refractivity contribution < 1.29 is 0 Å². The van der Waals surface area contributed by atoms with Gasteiger partial charge in [-0.2, -0.15) is 0 Å². The van der Waals surface area contributed by atoms with Gasteiger partial charge in [-0.3, -0.25) is 0 Å². The summed E-state index contributed by atoms with van der Waals surface area (Å²) in [5.74, 6) is 0. The fourth-order valence-corrected chi connectivity index (χ4v) is 1.38. The molecule has 0 radical (unpaired) electrons. The zero-order valence-electron chi connectivity index (χ0n) is 8.80. The van der Waals surface area contributed by atoms with Crippen molar-refractivity contribution in [1.82, 2.24) is 0 Å². The van der Waals surface area contributed by atoms with Gasteiger partial charge in [0.1, 0.15) is 0 Å². The maximum atomic E-state index is 2.30. The molecule has 0 amide bonds. The molecule has 0 nitrogen and oxygen atoms in total. The van der Waals surface area contributed by atoms with E-state index in [-0.39, 0.29) is 0 Å². The molecule has 0 atom stereocenters. The Morgan fingerprint density at radius 2 is 2.00 bits per heavy atom. The largest absolute Gasteiger partial charge is 0.0884 e. The summed E-state index contributed by atoms with van der Waals surface area (Å²) in [7, 11) is 0. The maximum Gasteiger partial charge on any atom is -0.00699 e. The minimum atomic E-state index is 1.09. The van der Waals surface area contributed by atoms with Gasteiger partial charge >= 0.3 is 0 Å². The Balaban J connectivity index is 2.77. The lowest BCUT2D eigenvalue weighted by atomic mass is 10.0. The second-order valence-electron chi connectivity index (χ2n) is 3.49. The van der Waals surface area contributed by atoms with Crippen molar-refractivity contribution in [3.8, 4) is 0 Å². The molecule has 0 spiro atoms. The summed E-state index contributed by atoms with van der Waals surface area (Å²) in [5.41, 5.74) is 4.30. The molecule has 1 aromatic carbocycles. The van der Waals surface area contributed by atoms with Gasteiger partial charge in [0.25, 0.3) is 0 Å². The third-order valence-corrected chi connectivity index (χ3v) is 2.38.